The number of rotatable bonds is 7. The van der Waals surface area contributed by atoms with E-state index in [1.54, 1.807) is 23.1 Å². The molecule has 2 unspecified atom stereocenters. The maximum absolute atomic E-state index is 11.7. The Hall–Kier alpha value is -1.11. The van der Waals surface area contributed by atoms with Crippen LogP contribution in [0.5, 0.6) is 0 Å². The summed E-state index contributed by atoms with van der Waals surface area (Å²) in [6.07, 6.45) is 0.677. The van der Waals surface area contributed by atoms with E-state index in [-0.39, 0.29) is 11.2 Å². The van der Waals surface area contributed by atoms with Gasteiger partial charge in [0.1, 0.15) is 0 Å². The van der Waals surface area contributed by atoms with Crippen molar-refractivity contribution in [3.05, 3.63) is 24.3 Å². The number of carbonyl (C=O) groups is 1. The molecule has 0 bridgehead atoms. The molecule has 2 aromatic rings. The summed E-state index contributed by atoms with van der Waals surface area (Å²) in [7, 11) is 0. The number of thiazole rings is 1. The van der Waals surface area contributed by atoms with Gasteiger partial charge in [-0.1, -0.05) is 37.7 Å². The predicted octanol–water partition coefficient (Wildman–Crippen LogP) is 3.02. The lowest BCUT2D eigenvalue weighted by molar-refractivity contribution is -0.124. The highest BCUT2D eigenvalue weighted by Gasteiger charge is 2.32. The van der Waals surface area contributed by atoms with Crippen LogP contribution in [0.25, 0.3) is 10.2 Å². The van der Waals surface area contributed by atoms with Crippen LogP contribution < -0.4 is 11.1 Å². The second-order valence-corrected chi connectivity index (χ2v) is 8.02. The first-order valence-electron chi connectivity index (χ1n) is 7.02. The Kier molecular flexibility index (Phi) is 5.24. The van der Waals surface area contributed by atoms with E-state index in [4.69, 9.17) is 5.73 Å². The molecule has 0 aliphatic carbocycles. The van der Waals surface area contributed by atoms with Gasteiger partial charge in [-0.2, -0.15) is 0 Å². The second-order valence-electron chi connectivity index (χ2n) is 5.31. The fourth-order valence-electron chi connectivity index (χ4n) is 2.34. The average Bonchev–Trinajstić information content (AvgIpc) is 2.80. The highest BCUT2D eigenvalue weighted by molar-refractivity contribution is 8.01. The number of aromatic nitrogens is 1. The molecule has 0 fully saturated rings. The molecule has 2 rings (SSSR count). The first-order valence-corrected chi connectivity index (χ1v) is 8.71. The number of hydrogen-bond donors (Lipinski definition) is 2. The largest absolute Gasteiger partial charge is 0.368 e. The smallest absolute Gasteiger partial charge is 0.237 e. The number of likely N-dealkylation sites (N-methyl/N-ethyl adjacent to an activating group) is 1. The summed E-state index contributed by atoms with van der Waals surface area (Å²) in [6.45, 7) is 6.67. The summed E-state index contributed by atoms with van der Waals surface area (Å²) in [6, 6.07) is 8.11. The summed E-state index contributed by atoms with van der Waals surface area (Å²) in [5.41, 5.74) is 5.90. The first kappa shape index (κ1) is 16.3. The van der Waals surface area contributed by atoms with Gasteiger partial charge in [-0.05, 0) is 32.0 Å². The van der Waals surface area contributed by atoms with Crippen LogP contribution in [0.4, 0.5) is 0 Å². The fourth-order valence-corrected chi connectivity index (χ4v) is 4.90. The predicted molar refractivity (Wildman–Crippen MR) is 90.8 cm³/mol. The monoisotopic (exact) mass is 323 g/mol. The Labute approximate surface area is 133 Å². The highest BCUT2D eigenvalue weighted by Crippen LogP contribution is 2.34. The Bertz CT molecular complexity index is 595. The molecule has 0 aliphatic rings. The summed E-state index contributed by atoms with van der Waals surface area (Å²) in [5, 5.41) is 3.45. The Balaban J connectivity index is 2.06. The molecule has 1 amide bonds. The minimum Gasteiger partial charge on any atom is -0.368 e. The van der Waals surface area contributed by atoms with Crippen LogP contribution in [0.15, 0.2) is 28.6 Å². The number of primary amides is 1. The number of para-hydroxylation sites is 1. The Morgan fingerprint density at radius 3 is 2.86 bits per heavy atom. The molecule has 6 heteroatoms. The molecule has 0 saturated heterocycles. The number of amides is 1. The molecule has 3 N–H and O–H groups in total. The maximum Gasteiger partial charge on any atom is 0.237 e. The maximum atomic E-state index is 11.7. The normalized spacial score (nSPS) is 15.8. The zero-order valence-corrected chi connectivity index (χ0v) is 14.2. The topological polar surface area (TPSA) is 68.0 Å². The van der Waals surface area contributed by atoms with E-state index in [1.807, 2.05) is 32.0 Å². The van der Waals surface area contributed by atoms with Crippen molar-refractivity contribution in [2.45, 2.75) is 42.3 Å². The van der Waals surface area contributed by atoms with Crippen LogP contribution in [0.2, 0.25) is 0 Å². The summed E-state index contributed by atoms with van der Waals surface area (Å²) >= 11 is 3.39. The number of fused-ring (bicyclic) bond motifs is 1. The van der Waals surface area contributed by atoms with E-state index in [2.05, 4.69) is 23.3 Å². The standard InChI is InChI=1S/C15H21N3OS2/c1-4-17-15(3,13(16)19)9-10(2)20-14-18-11-7-5-6-8-12(11)21-14/h5-8,10,17H,4,9H2,1-3H3,(H2,16,19). The molecular weight excluding hydrogens is 302 g/mol. The van der Waals surface area contributed by atoms with Gasteiger partial charge in [0.2, 0.25) is 5.91 Å². The van der Waals surface area contributed by atoms with E-state index in [0.717, 1.165) is 16.4 Å². The van der Waals surface area contributed by atoms with Crippen molar-refractivity contribution in [1.82, 2.24) is 10.3 Å². The molecule has 4 nitrogen and oxygen atoms in total. The molecule has 0 radical (unpaired) electrons. The van der Waals surface area contributed by atoms with Crippen molar-refractivity contribution in [2.75, 3.05) is 6.54 Å². The third-order valence-electron chi connectivity index (χ3n) is 3.38. The zero-order valence-electron chi connectivity index (χ0n) is 12.6. The van der Waals surface area contributed by atoms with Crippen molar-refractivity contribution >= 4 is 39.2 Å². The van der Waals surface area contributed by atoms with Crippen LogP contribution >= 0.6 is 23.1 Å². The number of carbonyl (C=O) groups excluding carboxylic acids is 1. The second kappa shape index (κ2) is 6.77. The van der Waals surface area contributed by atoms with E-state index < -0.39 is 5.54 Å². The molecule has 0 saturated carbocycles. The summed E-state index contributed by atoms with van der Waals surface area (Å²) < 4.78 is 2.23. The molecule has 1 aromatic heterocycles. The van der Waals surface area contributed by atoms with E-state index >= 15 is 0 Å². The van der Waals surface area contributed by atoms with Gasteiger partial charge < -0.3 is 11.1 Å². The Morgan fingerprint density at radius 2 is 2.24 bits per heavy atom. The molecule has 21 heavy (non-hydrogen) atoms. The summed E-state index contributed by atoms with van der Waals surface area (Å²) in [4.78, 5) is 16.3. The first-order chi connectivity index (χ1) is 9.94. The van der Waals surface area contributed by atoms with Gasteiger partial charge in [0, 0.05) is 5.25 Å². The minimum absolute atomic E-state index is 0.252. The molecule has 1 heterocycles. The van der Waals surface area contributed by atoms with Crippen LogP contribution in [-0.4, -0.2) is 28.2 Å². The third kappa shape index (κ3) is 3.96. The lowest BCUT2D eigenvalue weighted by atomic mass is 9.95. The van der Waals surface area contributed by atoms with Crippen LogP contribution in [0.3, 0.4) is 0 Å². The molecule has 2 atom stereocenters. The summed E-state index contributed by atoms with van der Waals surface area (Å²) in [5.74, 6) is -0.305. The van der Waals surface area contributed by atoms with Crippen molar-refractivity contribution in [3.63, 3.8) is 0 Å². The van der Waals surface area contributed by atoms with Crippen molar-refractivity contribution in [3.8, 4) is 0 Å². The number of nitrogens with one attached hydrogen (secondary N) is 1. The van der Waals surface area contributed by atoms with Crippen LogP contribution in [0, 0.1) is 0 Å². The van der Waals surface area contributed by atoms with Gasteiger partial charge >= 0.3 is 0 Å². The van der Waals surface area contributed by atoms with Crippen LogP contribution in [-0.2, 0) is 4.79 Å². The quantitative estimate of drug-likeness (QED) is 0.769. The number of hydrogen-bond acceptors (Lipinski definition) is 5. The number of thioether (sulfide) groups is 1. The molecule has 0 spiro atoms. The van der Waals surface area contributed by atoms with Gasteiger partial charge in [-0.15, -0.1) is 11.3 Å². The zero-order chi connectivity index (χ0) is 15.5. The van der Waals surface area contributed by atoms with E-state index in [9.17, 15) is 4.79 Å². The van der Waals surface area contributed by atoms with Crippen molar-refractivity contribution in [1.29, 1.82) is 0 Å². The third-order valence-corrected chi connectivity index (χ3v) is 5.61. The molecule has 1 aromatic carbocycles. The SMILES string of the molecule is CCNC(C)(CC(C)Sc1nc2ccccc2s1)C(N)=O. The van der Waals surface area contributed by atoms with Gasteiger partial charge in [-0.25, -0.2) is 4.98 Å². The minimum atomic E-state index is -0.669. The molecule has 0 aliphatic heterocycles. The molecule has 114 valence electrons. The van der Waals surface area contributed by atoms with E-state index in [1.165, 1.54) is 4.70 Å². The highest BCUT2D eigenvalue weighted by atomic mass is 32.2. The fraction of sp³-hybridized carbons (Fsp3) is 0.467. The molecular formula is C15H21N3OS2. The lowest BCUT2D eigenvalue weighted by Gasteiger charge is -2.29. The van der Waals surface area contributed by atoms with Gasteiger partial charge in [0.15, 0.2) is 4.34 Å². The average molecular weight is 323 g/mol. The Morgan fingerprint density at radius 1 is 1.52 bits per heavy atom. The van der Waals surface area contributed by atoms with Gasteiger partial charge in [-0.3, -0.25) is 4.79 Å². The lowest BCUT2D eigenvalue weighted by Crippen LogP contribution is -2.54. The van der Waals surface area contributed by atoms with E-state index in [0.29, 0.717) is 6.42 Å². The van der Waals surface area contributed by atoms with Crippen LogP contribution in [0.1, 0.15) is 27.2 Å². The van der Waals surface area contributed by atoms with Gasteiger partial charge in [0.05, 0.1) is 15.8 Å². The van der Waals surface area contributed by atoms with Crippen molar-refractivity contribution in [2.24, 2.45) is 5.73 Å². The van der Waals surface area contributed by atoms with Gasteiger partial charge in [0.25, 0.3) is 0 Å². The van der Waals surface area contributed by atoms with Crippen molar-refractivity contribution < 1.29 is 4.79 Å². The number of benzene rings is 1. The number of nitrogens with two attached hydrogens (primary N) is 1. The number of nitrogens with zero attached hydrogens (tertiary/aromatic N) is 1.